The highest BCUT2D eigenvalue weighted by Crippen LogP contribution is 2.49. The summed E-state index contributed by atoms with van der Waals surface area (Å²) in [7, 11) is 1.60. The Labute approximate surface area is 211 Å². The first kappa shape index (κ1) is 23.9. The Morgan fingerprint density at radius 2 is 1.78 bits per heavy atom. The molecule has 9 heteroatoms. The van der Waals surface area contributed by atoms with E-state index in [9.17, 15) is 10.1 Å². The van der Waals surface area contributed by atoms with Gasteiger partial charge in [-0.2, -0.15) is 5.26 Å². The number of nitriles is 1. The second kappa shape index (κ2) is 10.5. The van der Waals surface area contributed by atoms with Crippen LogP contribution in [0.3, 0.4) is 0 Å². The van der Waals surface area contributed by atoms with Gasteiger partial charge in [-0.25, -0.2) is 9.79 Å². The highest BCUT2D eigenvalue weighted by atomic mass is 16.5. The molecular weight excluding hydrogens is 458 g/mol. The quantitative estimate of drug-likeness (QED) is 0.473. The van der Waals surface area contributed by atoms with Gasteiger partial charge in [-0.15, -0.1) is 0 Å². The van der Waals surface area contributed by atoms with Gasteiger partial charge >= 0.3 is 6.03 Å². The number of urea groups is 1. The number of hydrogen-bond donors (Lipinski definition) is 0. The zero-order valence-corrected chi connectivity index (χ0v) is 20.8. The van der Waals surface area contributed by atoms with Crippen LogP contribution in [0.2, 0.25) is 0 Å². The Morgan fingerprint density at radius 3 is 2.56 bits per heavy atom. The molecule has 5 rings (SSSR count). The first-order chi connectivity index (χ1) is 17.6. The van der Waals surface area contributed by atoms with Crippen molar-refractivity contribution in [2.45, 2.75) is 20.0 Å². The summed E-state index contributed by atoms with van der Waals surface area (Å²) >= 11 is 0. The van der Waals surface area contributed by atoms with Gasteiger partial charge in [-0.05, 0) is 24.5 Å². The van der Waals surface area contributed by atoms with Gasteiger partial charge < -0.3 is 28.9 Å². The van der Waals surface area contributed by atoms with Gasteiger partial charge in [0.15, 0.2) is 11.5 Å². The highest BCUT2D eigenvalue weighted by molar-refractivity contribution is 5.90. The Morgan fingerprint density at radius 1 is 1.06 bits per heavy atom. The summed E-state index contributed by atoms with van der Waals surface area (Å²) in [6, 6.07) is 12.2. The van der Waals surface area contributed by atoms with Gasteiger partial charge in [-0.3, -0.25) is 0 Å². The van der Waals surface area contributed by atoms with Crippen molar-refractivity contribution in [3.8, 4) is 28.7 Å². The molecule has 0 saturated carbocycles. The third kappa shape index (κ3) is 4.56. The van der Waals surface area contributed by atoms with Crippen LogP contribution in [0, 0.1) is 11.3 Å². The fourth-order valence-electron chi connectivity index (χ4n) is 5.05. The smallest absolute Gasteiger partial charge is 0.320 e. The number of morpholine rings is 1. The fourth-order valence-corrected chi connectivity index (χ4v) is 5.05. The number of ether oxygens (including phenoxy) is 3. The van der Waals surface area contributed by atoms with Crippen LogP contribution in [-0.4, -0.2) is 86.2 Å². The minimum Gasteiger partial charge on any atom is -0.493 e. The molecular formula is C27H31N5O4. The number of fused-ring (bicyclic) bond motifs is 3. The number of amidine groups is 1. The predicted octanol–water partition coefficient (Wildman–Crippen LogP) is 3.64. The Bertz CT molecular complexity index is 1220. The van der Waals surface area contributed by atoms with E-state index in [0.29, 0.717) is 75.3 Å². The molecule has 0 N–H and O–H groups in total. The molecule has 0 atom stereocenters. The average molecular weight is 490 g/mol. The zero-order valence-electron chi connectivity index (χ0n) is 20.8. The van der Waals surface area contributed by atoms with Crippen LogP contribution in [0.25, 0.3) is 11.1 Å². The number of aliphatic imine (C=N–C) groups is 1. The molecule has 2 saturated heterocycles. The number of carbonyl (C=O) groups is 1. The van der Waals surface area contributed by atoms with Crippen LogP contribution in [0.1, 0.15) is 24.5 Å². The maximum absolute atomic E-state index is 13.0. The SMILES string of the molecule is COc1cc(N=C(C)N2CCCN(C(=O)N3CCOCC3)CC2)c(C#N)c2c1OCc1ccccc1-2. The molecule has 0 aliphatic carbocycles. The molecule has 3 aliphatic rings. The summed E-state index contributed by atoms with van der Waals surface area (Å²) in [5.74, 6) is 1.94. The van der Waals surface area contributed by atoms with Crippen molar-refractivity contribution >= 4 is 17.6 Å². The summed E-state index contributed by atoms with van der Waals surface area (Å²) in [6.07, 6.45) is 0.850. The van der Waals surface area contributed by atoms with Crippen molar-refractivity contribution in [2.24, 2.45) is 4.99 Å². The highest BCUT2D eigenvalue weighted by Gasteiger charge is 2.28. The maximum Gasteiger partial charge on any atom is 0.320 e. The van der Waals surface area contributed by atoms with E-state index in [-0.39, 0.29) is 6.03 Å². The van der Waals surface area contributed by atoms with E-state index in [0.717, 1.165) is 35.5 Å². The lowest BCUT2D eigenvalue weighted by Gasteiger charge is -2.32. The molecule has 0 bridgehead atoms. The Kier molecular flexibility index (Phi) is 6.96. The van der Waals surface area contributed by atoms with Gasteiger partial charge in [0.05, 0.1) is 31.6 Å². The monoisotopic (exact) mass is 489 g/mol. The van der Waals surface area contributed by atoms with Gasteiger partial charge in [0.25, 0.3) is 0 Å². The Balaban J connectivity index is 1.41. The second-order valence-electron chi connectivity index (χ2n) is 9.10. The lowest BCUT2D eigenvalue weighted by Crippen LogP contribution is -2.49. The molecule has 0 spiro atoms. The van der Waals surface area contributed by atoms with Gasteiger partial charge in [0, 0.05) is 50.9 Å². The van der Waals surface area contributed by atoms with E-state index in [1.807, 2.05) is 41.0 Å². The van der Waals surface area contributed by atoms with Crippen LogP contribution in [0.4, 0.5) is 10.5 Å². The van der Waals surface area contributed by atoms with Crippen molar-refractivity contribution in [1.82, 2.24) is 14.7 Å². The molecule has 36 heavy (non-hydrogen) atoms. The normalized spacial score (nSPS) is 17.9. The molecule has 0 aromatic heterocycles. The molecule has 2 aromatic carbocycles. The van der Waals surface area contributed by atoms with Crippen molar-refractivity contribution in [3.05, 3.63) is 41.5 Å². The molecule has 0 radical (unpaired) electrons. The largest absolute Gasteiger partial charge is 0.493 e. The molecule has 2 aromatic rings. The van der Waals surface area contributed by atoms with Crippen molar-refractivity contribution in [2.75, 3.05) is 59.6 Å². The average Bonchev–Trinajstić information content (AvgIpc) is 3.19. The van der Waals surface area contributed by atoms with Crippen LogP contribution in [0.5, 0.6) is 11.5 Å². The fraction of sp³-hybridized carbons (Fsp3) is 0.444. The number of benzene rings is 2. The summed E-state index contributed by atoms with van der Waals surface area (Å²) in [6.45, 7) is 7.67. The topological polar surface area (TPSA) is 90.6 Å². The Hall–Kier alpha value is -3.77. The molecule has 9 nitrogen and oxygen atoms in total. The van der Waals surface area contributed by atoms with Crippen LogP contribution < -0.4 is 9.47 Å². The molecule has 0 unspecified atom stereocenters. The van der Waals surface area contributed by atoms with E-state index >= 15 is 0 Å². The van der Waals surface area contributed by atoms with E-state index in [1.165, 1.54) is 0 Å². The van der Waals surface area contributed by atoms with Gasteiger partial charge in [0.2, 0.25) is 0 Å². The lowest BCUT2D eigenvalue weighted by atomic mass is 9.92. The van der Waals surface area contributed by atoms with Crippen LogP contribution in [-0.2, 0) is 11.3 Å². The number of nitrogens with zero attached hydrogens (tertiary/aromatic N) is 5. The van der Waals surface area contributed by atoms with Crippen molar-refractivity contribution in [1.29, 1.82) is 5.26 Å². The van der Waals surface area contributed by atoms with E-state index in [1.54, 1.807) is 13.2 Å². The number of amides is 2. The summed E-state index contributed by atoms with van der Waals surface area (Å²) < 4.78 is 17.0. The number of methoxy groups -OCH3 is 1. The number of carbonyl (C=O) groups excluding carboxylic acids is 1. The molecule has 2 fully saturated rings. The van der Waals surface area contributed by atoms with Crippen LogP contribution >= 0.6 is 0 Å². The summed E-state index contributed by atoms with van der Waals surface area (Å²) in [5, 5.41) is 10.2. The van der Waals surface area contributed by atoms with Crippen molar-refractivity contribution in [3.63, 3.8) is 0 Å². The van der Waals surface area contributed by atoms with Gasteiger partial charge in [0.1, 0.15) is 18.5 Å². The standard InChI is InChI=1S/C27H31N5O4/c1-19(30-8-5-9-31(11-10-30)27(33)32-12-14-35-15-13-32)29-23-16-24(34-2)26-25(22(23)17-28)21-7-4-3-6-20(21)18-36-26/h3-4,6-7,16H,5,8-15,18H2,1-2H3. The van der Waals surface area contributed by atoms with E-state index < -0.39 is 0 Å². The maximum atomic E-state index is 13.0. The lowest BCUT2D eigenvalue weighted by molar-refractivity contribution is 0.0437. The predicted molar refractivity (Wildman–Crippen MR) is 136 cm³/mol. The summed E-state index contributed by atoms with van der Waals surface area (Å²) in [5.41, 5.74) is 3.74. The minimum absolute atomic E-state index is 0.0830. The van der Waals surface area contributed by atoms with Gasteiger partial charge in [-0.1, -0.05) is 24.3 Å². The van der Waals surface area contributed by atoms with E-state index in [2.05, 4.69) is 11.0 Å². The number of rotatable bonds is 2. The zero-order chi connectivity index (χ0) is 25.1. The third-order valence-corrected chi connectivity index (χ3v) is 7.00. The molecule has 2 amide bonds. The third-order valence-electron chi connectivity index (χ3n) is 7.00. The van der Waals surface area contributed by atoms with Crippen molar-refractivity contribution < 1.29 is 19.0 Å². The molecule has 3 aliphatic heterocycles. The van der Waals surface area contributed by atoms with E-state index in [4.69, 9.17) is 19.2 Å². The number of hydrogen-bond acceptors (Lipinski definition) is 6. The first-order valence-corrected chi connectivity index (χ1v) is 12.4. The van der Waals surface area contributed by atoms with Crippen LogP contribution in [0.15, 0.2) is 35.3 Å². The molecule has 188 valence electrons. The minimum atomic E-state index is 0.0830. The summed E-state index contributed by atoms with van der Waals surface area (Å²) in [4.78, 5) is 23.8. The first-order valence-electron chi connectivity index (χ1n) is 12.4. The second-order valence-corrected chi connectivity index (χ2v) is 9.10. The molecule has 3 heterocycles.